The van der Waals surface area contributed by atoms with Crippen LogP contribution in [0.4, 0.5) is 11.4 Å². The van der Waals surface area contributed by atoms with Crippen molar-refractivity contribution in [2.75, 3.05) is 17.2 Å². The second-order valence-electron chi connectivity index (χ2n) is 4.98. The fourth-order valence-corrected chi connectivity index (χ4v) is 2.22. The summed E-state index contributed by atoms with van der Waals surface area (Å²) < 4.78 is 5.30. The van der Waals surface area contributed by atoms with Gasteiger partial charge in [0, 0.05) is 6.07 Å². The Morgan fingerprint density at radius 2 is 2.14 bits per heavy atom. The largest absolute Gasteiger partial charge is 0.482 e. The molecule has 0 saturated carbocycles. The van der Waals surface area contributed by atoms with Gasteiger partial charge in [0.05, 0.1) is 21.9 Å². The summed E-state index contributed by atoms with van der Waals surface area (Å²) in [6.45, 7) is 3.65. The molecule has 0 spiro atoms. The Balaban J connectivity index is 2.25. The maximum atomic E-state index is 12.3. The number of hydrogen-bond acceptors (Lipinski definition) is 4. The van der Waals surface area contributed by atoms with E-state index in [1.54, 1.807) is 12.1 Å². The van der Waals surface area contributed by atoms with Gasteiger partial charge < -0.3 is 21.1 Å². The average molecular weight is 312 g/mol. The molecule has 0 aliphatic carbocycles. The second kappa shape index (κ2) is 5.91. The predicted molar refractivity (Wildman–Crippen MR) is 81.7 cm³/mol. The third-order valence-corrected chi connectivity index (χ3v) is 3.98. The minimum atomic E-state index is -0.936. The van der Waals surface area contributed by atoms with Crippen LogP contribution in [0.15, 0.2) is 12.1 Å². The molecule has 0 bridgehead atoms. The number of fused-ring (bicyclic) bond motifs is 1. The van der Waals surface area contributed by atoms with Crippen molar-refractivity contribution in [3.63, 3.8) is 0 Å². The SMILES string of the molecule is CCC(N)(CC)C(=O)Nc1cc2c(cc1Cl)NC(=O)CO2. The van der Waals surface area contributed by atoms with Crippen LogP contribution in [0.2, 0.25) is 5.02 Å². The number of hydrogen-bond donors (Lipinski definition) is 3. The van der Waals surface area contributed by atoms with Crippen LogP contribution in [0.25, 0.3) is 0 Å². The van der Waals surface area contributed by atoms with E-state index in [0.717, 1.165) is 0 Å². The van der Waals surface area contributed by atoms with Crippen LogP contribution >= 0.6 is 11.6 Å². The Kier molecular flexibility index (Phi) is 4.39. The zero-order valence-corrected chi connectivity index (χ0v) is 12.7. The standard InChI is InChI=1S/C14H18ClN3O3/c1-3-14(16,4-2)13(20)18-9-6-11-10(5-8(9)15)17-12(19)7-21-11/h5-6H,3-4,7,16H2,1-2H3,(H,17,19)(H,18,20). The van der Waals surface area contributed by atoms with Crippen LogP contribution < -0.4 is 21.1 Å². The van der Waals surface area contributed by atoms with Gasteiger partial charge in [0.1, 0.15) is 5.75 Å². The molecule has 2 amide bonds. The zero-order valence-electron chi connectivity index (χ0n) is 12.0. The van der Waals surface area contributed by atoms with Crippen LogP contribution in [0, 0.1) is 0 Å². The lowest BCUT2D eigenvalue weighted by Crippen LogP contribution is -2.50. The quantitative estimate of drug-likeness (QED) is 0.794. The van der Waals surface area contributed by atoms with E-state index in [0.29, 0.717) is 35.0 Å². The lowest BCUT2D eigenvalue weighted by molar-refractivity contribution is -0.121. The van der Waals surface area contributed by atoms with Crippen LogP contribution in [0.3, 0.4) is 0 Å². The smallest absolute Gasteiger partial charge is 0.262 e. The summed E-state index contributed by atoms with van der Waals surface area (Å²) in [6, 6.07) is 3.13. The molecule has 1 aliphatic heterocycles. The predicted octanol–water partition coefficient (Wildman–Crippen LogP) is 2.13. The number of rotatable bonds is 4. The highest BCUT2D eigenvalue weighted by molar-refractivity contribution is 6.34. The number of nitrogens with two attached hydrogens (primary N) is 1. The van der Waals surface area contributed by atoms with E-state index in [2.05, 4.69) is 10.6 Å². The van der Waals surface area contributed by atoms with Crippen molar-refractivity contribution in [1.29, 1.82) is 0 Å². The van der Waals surface area contributed by atoms with Crippen molar-refractivity contribution < 1.29 is 14.3 Å². The third kappa shape index (κ3) is 3.11. The summed E-state index contributed by atoms with van der Waals surface area (Å²) >= 11 is 6.13. The highest BCUT2D eigenvalue weighted by atomic mass is 35.5. The average Bonchev–Trinajstić information content (AvgIpc) is 2.47. The van der Waals surface area contributed by atoms with Gasteiger partial charge in [0.25, 0.3) is 5.91 Å². The fraction of sp³-hybridized carbons (Fsp3) is 0.429. The number of benzene rings is 1. The van der Waals surface area contributed by atoms with Gasteiger partial charge in [-0.2, -0.15) is 0 Å². The van der Waals surface area contributed by atoms with E-state index in [1.807, 2.05) is 13.8 Å². The van der Waals surface area contributed by atoms with Gasteiger partial charge in [-0.25, -0.2) is 0 Å². The van der Waals surface area contributed by atoms with Gasteiger partial charge in [0.15, 0.2) is 6.61 Å². The first kappa shape index (κ1) is 15.6. The highest BCUT2D eigenvalue weighted by Gasteiger charge is 2.30. The monoisotopic (exact) mass is 311 g/mol. The Morgan fingerprint density at radius 1 is 1.48 bits per heavy atom. The molecule has 6 nitrogen and oxygen atoms in total. The summed E-state index contributed by atoms with van der Waals surface area (Å²) in [7, 11) is 0. The minimum Gasteiger partial charge on any atom is -0.482 e. The van der Waals surface area contributed by atoms with Crippen molar-refractivity contribution >= 4 is 34.8 Å². The Hall–Kier alpha value is -1.79. The number of anilines is 2. The molecule has 0 unspecified atom stereocenters. The Morgan fingerprint density at radius 3 is 2.76 bits per heavy atom. The molecule has 0 atom stereocenters. The first-order valence-corrected chi connectivity index (χ1v) is 7.14. The number of amides is 2. The molecule has 0 saturated heterocycles. The van der Waals surface area contributed by atoms with Gasteiger partial charge in [-0.1, -0.05) is 25.4 Å². The van der Waals surface area contributed by atoms with Gasteiger partial charge in [-0.3, -0.25) is 9.59 Å². The highest BCUT2D eigenvalue weighted by Crippen LogP contribution is 2.36. The Labute approximate surface area is 128 Å². The van der Waals surface area contributed by atoms with Gasteiger partial charge in [-0.05, 0) is 18.9 Å². The zero-order chi connectivity index (χ0) is 15.6. The van der Waals surface area contributed by atoms with Crippen LogP contribution in [0.5, 0.6) is 5.75 Å². The fourth-order valence-electron chi connectivity index (χ4n) is 2.01. The van der Waals surface area contributed by atoms with E-state index in [4.69, 9.17) is 22.1 Å². The summed E-state index contributed by atoms with van der Waals surface area (Å²) in [4.78, 5) is 23.5. The molecule has 1 aromatic carbocycles. The molecule has 1 aliphatic rings. The summed E-state index contributed by atoms with van der Waals surface area (Å²) in [5, 5.41) is 5.68. The number of nitrogens with one attached hydrogen (secondary N) is 2. The molecule has 7 heteroatoms. The van der Waals surface area contributed by atoms with Gasteiger partial charge in [0.2, 0.25) is 5.91 Å². The molecular formula is C14H18ClN3O3. The second-order valence-corrected chi connectivity index (χ2v) is 5.39. The van der Waals surface area contributed by atoms with Crippen molar-refractivity contribution in [2.45, 2.75) is 32.2 Å². The molecule has 1 aromatic rings. The molecule has 21 heavy (non-hydrogen) atoms. The number of carbonyl (C=O) groups is 2. The summed E-state index contributed by atoms with van der Waals surface area (Å²) in [6.07, 6.45) is 1.04. The number of ether oxygens (including phenoxy) is 1. The molecule has 1 heterocycles. The Bertz CT molecular complexity index is 585. The lowest BCUT2D eigenvalue weighted by atomic mass is 9.93. The molecule has 0 radical (unpaired) electrons. The van der Waals surface area contributed by atoms with Crippen molar-refractivity contribution in [1.82, 2.24) is 0 Å². The first-order valence-electron chi connectivity index (χ1n) is 6.76. The summed E-state index contributed by atoms with van der Waals surface area (Å²) in [5.74, 6) is -0.0765. The van der Waals surface area contributed by atoms with Gasteiger partial charge >= 0.3 is 0 Å². The molecule has 4 N–H and O–H groups in total. The van der Waals surface area contributed by atoms with E-state index in [-0.39, 0.29) is 18.4 Å². The number of carbonyl (C=O) groups excluding carboxylic acids is 2. The molecule has 2 rings (SSSR count). The molecule has 0 aromatic heterocycles. The van der Waals surface area contributed by atoms with E-state index in [1.165, 1.54) is 0 Å². The van der Waals surface area contributed by atoms with Crippen LogP contribution in [-0.2, 0) is 9.59 Å². The minimum absolute atomic E-state index is 0.0627. The van der Waals surface area contributed by atoms with E-state index >= 15 is 0 Å². The van der Waals surface area contributed by atoms with E-state index < -0.39 is 5.54 Å². The molecular weight excluding hydrogens is 294 g/mol. The third-order valence-electron chi connectivity index (χ3n) is 3.66. The lowest BCUT2D eigenvalue weighted by Gasteiger charge is -2.26. The maximum absolute atomic E-state index is 12.3. The van der Waals surface area contributed by atoms with Crippen LogP contribution in [0.1, 0.15) is 26.7 Å². The maximum Gasteiger partial charge on any atom is 0.262 e. The van der Waals surface area contributed by atoms with Crippen molar-refractivity contribution in [3.8, 4) is 5.75 Å². The topological polar surface area (TPSA) is 93.5 Å². The summed E-state index contributed by atoms with van der Waals surface area (Å²) in [5.41, 5.74) is 6.01. The van der Waals surface area contributed by atoms with Crippen molar-refractivity contribution in [3.05, 3.63) is 17.2 Å². The molecule has 114 valence electrons. The normalized spacial score (nSPS) is 14.0. The number of halogens is 1. The first-order chi connectivity index (χ1) is 9.89. The van der Waals surface area contributed by atoms with Gasteiger partial charge in [-0.15, -0.1) is 0 Å². The van der Waals surface area contributed by atoms with Crippen LogP contribution in [-0.4, -0.2) is 24.0 Å². The van der Waals surface area contributed by atoms with E-state index in [9.17, 15) is 9.59 Å². The molecule has 0 fully saturated rings. The van der Waals surface area contributed by atoms with Crippen molar-refractivity contribution in [2.24, 2.45) is 5.73 Å².